The number of likely N-dealkylation sites (tertiary alicyclic amines) is 1. The molecule has 1 aromatic carbocycles. The Morgan fingerprint density at radius 3 is 2.79 bits per heavy atom. The minimum Gasteiger partial charge on any atom is -0.493 e. The van der Waals surface area contributed by atoms with Gasteiger partial charge >= 0.3 is 0 Å². The van der Waals surface area contributed by atoms with E-state index in [1.807, 2.05) is 43.0 Å². The van der Waals surface area contributed by atoms with Gasteiger partial charge in [0.25, 0.3) is 0 Å². The summed E-state index contributed by atoms with van der Waals surface area (Å²) in [6, 6.07) is 6.00. The van der Waals surface area contributed by atoms with Crippen molar-refractivity contribution in [1.29, 1.82) is 0 Å². The van der Waals surface area contributed by atoms with Gasteiger partial charge < -0.3 is 19.7 Å². The van der Waals surface area contributed by atoms with Gasteiger partial charge in [0, 0.05) is 38.8 Å². The predicted molar refractivity (Wildman–Crippen MR) is 127 cm³/mol. The number of aryl methyl sites for hydroxylation is 1. The van der Waals surface area contributed by atoms with Gasteiger partial charge in [-0.1, -0.05) is 6.07 Å². The molecule has 0 saturated carbocycles. The van der Waals surface area contributed by atoms with Crippen molar-refractivity contribution < 1.29 is 9.47 Å². The Kier molecular flexibility index (Phi) is 9.06. The number of nitrogens with zero attached hydrogens (tertiary/aromatic N) is 4. The summed E-state index contributed by atoms with van der Waals surface area (Å²) in [5.74, 6) is 2.98. The maximum absolute atomic E-state index is 5.60. The zero-order valence-corrected chi connectivity index (χ0v) is 20.1. The van der Waals surface area contributed by atoms with Crippen LogP contribution >= 0.6 is 24.0 Å². The van der Waals surface area contributed by atoms with Crippen LogP contribution in [0.2, 0.25) is 0 Å². The molecular weight excluding hydrogens is 481 g/mol. The Morgan fingerprint density at radius 2 is 2.14 bits per heavy atom. The van der Waals surface area contributed by atoms with Gasteiger partial charge in [-0.25, -0.2) is 4.99 Å². The molecule has 7 nitrogen and oxygen atoms in total. The molecule has 29 heavy (non-hydrogen) atoms. The maximum atomic E-state index is 5.60. The second-order valence-electron chi connectivity index (χ2n) is 6.97. The van der Waals surface area contributed by atoms with Gasteiger partial charge in [0.05, 0.1) is 26.5 Å². The van der Waals surface area contributed by atoms with E-state index < -0.39 is 0 Å². The van der Waals surface area contributed by atoms with Crippen molar-refractivity contribution in [2.75, 3.05) is 33.4 Å². The molecule has 0 spiro atoms. The van der Waals surface area contributed by atoms with E-state index in [-0.39, 0.29) is 24.0 Å². The van der Waals surface area contributed by atoms with Crippen LogP contribution in [0.25, 0.3) is 0 Å². The first kappa shape index (κ1) is 23.3. The number of halogens is 1. The summed E-state index contributed by atoms with van der Waals surface area (Å²) < 4.78 is 12.9. The second-order valence-corrected chi connectivity index (χ2v) is 6.97. The third-order valence-corrected chi connectivity index (χ3v) is 4.96. The fourth-order valence-corrected chi connectivity index (χ4v) is 3.55. The zero-order valence-electron chi connectivity index (χ0n) is 17.7. The Morgan fingerprint density at radius 1 is 1.31 bits per heavy atom. The Hall–Kier alpha value is -1.97. The number of ether oxygens (including phenoxy) is 2. The number of methoxy groups -OCH3 is 1. The lowest BCUT2D eigenvalue weighted by atomic mass is 10.0. The van der Waals surface area contributed by atoms with Gasteiger partial charge in [0.15, 0.2) is 17.5 Å². The molecule has 8 heteroatoms. The van der Waals surface area contributed by atoms with Crippen LogP contribution in [0.5, 0.6) is 11.5 Å². The zero-order chi connectivity index (χ0) is 19.9. The number of aromatic nitrogens is 2. The summed E-state index contributed by atoms with van der Waals surface area (Å²) in [5.41, 5.74) is 2.40. The molecule has 2 aromatic rings. The quantitative estimate of drug-likeness (QED) is 0.350. The van der Waals surface area contributed by atoms with E-state index in [2.05, 4.69) is 28.4 Å². The van der Waals surface area contributed by atoms with Gasteiger partial charge in [-0.3, -0.25) is 4.68 Å². The average Bonchev–Trinajstić information content (AvgIpc) is 3.35. The molecule has 160 valence electrons. The summed E-state index contributed by atoms with van der Waals surface area (Å²) in [6.45, 7) is 8.09. The number of guanidine groups is 1. The number of nitrogens with one attached hydrogen (secondary N) is 1. The van der Waals surface area contributed by atoms with Crippen molar-refractivity contribution in [3.8, 4) is 11.5 Å². The monoisotopic (exact) mass is 513 g/mol. The molecule has 1 aliphatic heterocycles. The van der Waals surface area contributed by atoms with Crippen LogP contribution in [-0.2, 0) is 13.6 Å². The summed E-state index contributed by atoms with van der Waals surface area (Å²) >= 11 is 0. The highest BCUT2D eigenvalue weighted by molar-refractivity contribution is 14.0. The van der Waals surface area contributed by atoms with E-state index in [1.54, 1.807) is 7.11 Å². The predicted octanol–water partition coefficient (Wildman–Crippen LogP) is 3.40. The van der Waals surface area contributed by atoms with Crippen molar-refractivity contribution in [2.24, 2.45) is 12.0 Å². The SMILES string of the molecule is CCNC(=NCc1ccc(OCC)c(OC)c1)N1CCC(c2cnn(C)c2)C1.I. The summed E-state index contributed by atoms with van der Waals surface area (Å²) in [7, 11) is 3.63. The molecule has 1 saturated heterocycles. The van der Waals surface area contributed by atoms with Gasteiger partial charge in [0.2, 0.25) is 0 Å². The smallest absolute Gasteiger partial charge is 0.194 e. The van der Waals surface area contributed by atoms with Crippen molar-refractivity contribution >= 4 is 29.9 Å². The third-order valence-electron chi connectivity index (χ3n) is 4.96. The highest BCUT2D eigenvalue weighted by Crippen LogP contribution is 2.29. The minimum atomic E-state index is 0. The van der Waals surface area contributed by atoms with E-state index in [1.165, 1.54) is 5.56 Å². The van der Waals surface area contributed by atoms with Crippen molar-refractivity contribution in [1.82, 2.24) is 20.0 Å². The molecule has 1 fully saturated rings. The largest absolute Gasteiger partial charge is 0.493 e. The number of aliphatic imine (C=N–C) groups is 1. The lowest BCUT2D eigenvalue weighted by molar-refractivity contribution is 0.310. The van der Waals surface area contributed by atoms with Crippen LogP contribution in [0.15, 0.2) is 35.6 Å². The number of hydrogen-bond donors (Lipinski definition) is 1. The molecule has 1 atom stereocenters. The van der Waals surface area contributed by atoms with Crippen molar-refractivity contribution in [3.05, 3.63) is 41.7 Å². The Balaban J connectivity index is 0.00000300. The number of rotatable bonds is 7. The summed E-state index contributed by atoms with van der Waals surface area (Å²) in [6.07, 6.45) is 5.21. The molecule has 1 aliphatic rings. The van der Waals surface area contributed by atoms with Crippen LogP contribution in [-0.4, -0.2) is 54.0 Å². The van der Waals surface area contributed by atoms with Gasteiger partial charge in [-0.05, 0) is 43.5 Å². The van der Waals surface area contributed by atoms with Gasteiger partial charge in [0.1, 0.15) is 0 Å². The molecule has 1 aromatic heterocycles. The van der Waals surface area contributed by atoms with Gasteiger partial charge in [-0.2, -0.15) is 5.10 Å². The lowest BCUT2D eigenvalue weighted by Crippen LogP contribution is -2.40. The number of benzene rings is 1. The Labute approximate surface area is 190 Å². The Bertz CT molecular complexity index is 808. The van der Waals surface area contributed by atoms with Crippen molar-refractivity contribution in [3.63, 3.8) is 0 Å². The van der Waals surface area contributed by atoms with E-state index in [0.717, 1.165) is 49.1 Å². The molecular formula is C21H32IN5O2. The molecule has 1 N–H and O–H groups in total. The maximum Gasteiger partial charge on any atom is 0.194 e. The lowest BCUT2D eigenvalue weighted by Gasteiger charge is -2.21. The fraction of sp³-hybridized carbons (Fsp3) is 0.524. The van der Waals surface area contributed by atoms with E-state index in [0.29, 0.717) is 19.1 Å². The summed E-state index contributed by atoms with van der Waals surface area (Å²) in [4.78, 5) is 7.20. The first-order valence-electron chi connectivity index (χ1n) is 9.96. The average molecular weight is 513 g/mol. The molecule has 1 unspecified atom stereocenters. The van der Waals surface area contributed by atoms with Crippen LogP contribution in [0, 0.1) is 0 Å². The van der Waals surface area contributed by atoms with Crippen LogP contribution in [0.1, 0.15) is 37.3 Å². The normalized spacial score (nSPS) is 16.5. The van der Waals surface area contributed by atoms with Gasteiger partial charge in [-0.15, -0.1) is 24.0 Å². The second kappa shape index (κ2) is 11.3. The van der Waals surface area contributed by atoms with Crippen LogP contribution < -0.4 is 14.8 Å². The molecule has 0 bridgehead atoms. The molecule has 3 rings (SSSR count). The topological polar surface area (TPSA) is 63.9 Å². The van der Waals surface area contributed by atoms with Crippen molar-refractivity contribution in [2.45, 2.75) is 32.7 Å². The highest BCUT2D eigenvalue weighted by Gasteiger charge is 2.26. The first-order valence-corrected chi connectivity index (χ1v) is 9.96. The molecule has 0 aliphatic carbocycles. The van der Waals surface area contributed by atoms with E-state index >= 15 is 0 Å². The highest BCUT2D eigenvalue weighted by atomic mass is 127. The summed E-state index contributed by atoms with van der Waals surface area (Å²) in [5, 5.41) is 7.74. The molecule has 0 radical (unpaired) electrons. The minimum absolute atomic E-state index is 0. The van der Waals surface area contributed by atoms with Crippen LogP contribution in [0.4, 0.5) is 0 Å². The van der Waals surface area contributed by atoms with Crippen LogP contribution in [0.3, 0.4) is 0 Å². The molecule has 2 heterocycles. The third kappa shape index (κ3) is 6.01. The fourth-order valence-electron chi connectivity index (χ4n) is 3.55. The number of hydrogen-bond acceptors (Lipinski definition) is 4. The standard InChI is InChI=1S/C21H31N5O2.HI/c1-5-22-21(26-10-9-17(15-26)18-13-24-25(3)14-18)23-12-16-7-8-19(28-6-2)20(11-16)27-4;/h7-8,11,13-14,17H,5-6,9-10,12,15H2,1-4H3,(H,22,23);1H. The van der Waals surface area contributed by atoms with E-state index in [4.69, 9.17) is 14.5 Å². The first-order chi connectivity index (χ1) is 13.6. The molecule has 0 amide bonds. The van der Waals surface area contributed by atoms with E-state index in [9.17, 15) is 0 Å².